The second-order valence-electron chi connectivity index (χ2n) is 7.78. The van der Waals surface area contributed by atoms with Crippen LogP contribution in [0, 0.1) is 5.82 Å². The molecule has 0 saturated heterocycles. The van der Waals surface area contributed by atoms with Gasteiger partial charge in [-0.1, -0.05) is 66.2 Å². The Hall–Kier alpha value is -4.16. The van der Waals surface area contributed by atoms with Gasteiger partial charge in [0.05, 0.1) is 12.1 Å². The molecule has 0 spiro atoms. The van der Waals surface area contributed by atoms with Crippen molar-refractivity contribution in [3.8, 4) is 11.5 Å². The Labute approximate surface area is 206 Å². The molecular weight excluding hydrogens is 469 g/mol. The number of ether oxygens (including phenoxy) is 3. The minimum absolute atomic E-state index is 0.0196. The molecule has 0 bridgehead atoms. The van der Waals surface area contributed by atoms with Crippen LogP contribution in [0.2, 0.25) is 5.02 Å². The van der Waals surface area contributed by atoms with Gasteiger partial charge in [0, 0.05) is 11.1 Å². The first-order valence-electron chi connectivity index (χ1n) is 10.8. The smallest absolute Gasteiger partial charge is 0.363 e. The molecule has 1 aliphatic rings. The third-order valence-electron chi connectivity index (χ3n) is 5.53. The predicted molar refractivity (Wildman–Crippen MR) is 133 cm³/mol. The van der Waals surface area contributed by atoms with E-state index in [4.69, 9.17) is 25.8 Å². The third kappa shape index (κ3) is 4.61. The molecule has 1 aliphatic heterocycles. The number of carbonyl (C=O) groups is 1. The largest absolute Gasteiger partial charge is 0.493 e. The summed E-state index contributed by atoms with van der Waals surface area (Å²) in [6.45, 7) is -0.0196. The van der Waals surface area contributed by atoms with Gasteiger partial charge >= 0.3 is 5.97 Å². The lowest BCUT2D eigenvalue weighted by atomic mass is 10.0. The molecule has 174 valence electrons. The summed E-state index contributed by atoms with van der Waals surface area (Å²) >= 11 is 6.45. The monoisotopic (exact) mass is 487 g/mol. The molecule has 0 fully saturated rings. The van der Waals surface area contributed by atoms with Crippen LogP contribution in [0.1, 0.15) is 16.7 Å². The topological polar surface area (TPSA) is 57.1 Å². The number of methoxy groups -OCH3 is 1. The molecule has 0 atom stereocenters. The second-order valence-corrected chi connectivity index (χ2v) is 8.18. The summed E-state index contributed by atoms with van der Waals surface area (Å²) < 4.78 is 30.6. The van der Waals surface area contributed by atoms with E-state index in [-0.39, 0.29) is 34.8 Å². The van der Waals surface area contributed by atoms with Crippen LogP contribution < -0.4 is 9.47 Å². The Morgan fingerprint density at radius 3 is 2.63 bits per heavy atom. The Balaban J connectivity index is 1.45. The summed E-state index contributed by atoms with van der Waals surface area (Å²) in [4.78, 5) is 17.0. The van der Waals surface area contributed by atoms with Crippen molar-refractivity contribution in [1.29, 1.82) is 0 Å². The van der Waals surface area contributed by atoms with Gasteiger partial charge in [-0.05, 0) is 46.7 Å². The highest BCUT2D eigenvalue weighted by Gasteiger charge is 2.25. The van der Waals surface area contributed by atoms with E-state index in [2.05, 4.69) is 4.99 Å². The number of esters is 1. The molecule has 4 aromatic rings. The average Bonchev–Trinajstić information content (AvgIpc) is 3.23. The van der Waals surface area contributed by atoms with Crippen molar-refractivity contribution in [2.24, 2.45) is 4.99 Å². The van der Waals surface area contributed by atoms with Gasteiger partial charge < -0.3 is 14.2 Å². The van der Waals surface area contributed by atoms with E-state index in [0.717, 1.165) is 16.3 Å². The maximum absolute atomic E-state index is 13.9. The zero-order valence-corrected chi connectivity index (χ0v) is 19.4. The fourth-order valence-electron chi connectivity index (χ4n) is 3.82. The van der Waals surface area contributed by atoms with E-state index >= 15 is 0 Å². The van der Waals surface area contributed by atoms with E-state index in [0.29, 0.717) is 16.9 Å². The van der Waals surface area contributed by atoms with Gasteiger partial charge in [0.2, 0.25) is 5.90 Å². The van der Waals surface area contributed by atoms with Gasteiger partial charge in [-0.15, -0.1) is 0 Å². The average molecular weight is 488 g/mol. The number of carbonyl (C=O) groups excluding carboxylic acids is 1. The Bertz CT molecular complexity index is 1510. The van der Waals surface area contributed by atoms with E-state index in [9.17, 15) is 9.18 Å². The number of fused-ring (bicyclic) bond motifs is 1. The highest BCUT2D eigenvalue weighted by Crippen LogP contribution is 2.38. The summed E-state index contributed by atoms with van der Waals surface area (Å²) in [5.41, 5.74) is 1.82. The molecule has 0 radical (unpaired) electrons. The molecule has 0 aliphatic carbocycles. The highest BCUT2D eigenvalue weighted by atomic mass is 35.5. The first-order valence-corrected chi connectivity index (χ1v) is 11.2. The van der Waals surface area contributed by atoms with Crippen LogP contribution in [0.25, 0.3) is 16.8 Å². The van der Waals surface area contributed by atoms with Crippen molar-refractivity contribution < 1.29 is 23.4 Å². The first kappa shape index (κ1) is 22.6. The fourth-order valence-corrected chi connectivity index (χ4v) is 4.10. The van der Waals surface area contributed by atoms with Gasteiger partial charge in [-0.3, -0.25) is 0 Å². The lowest BCUT2D eigenvalue weighted by Gasteiger charge is -2.13. The second kappa shape index (κ2) is 9.60. The van der Waals surface area contributed by atoms with Crippen LogP contribution in [0.3, 0.4) is 0 Å². The van der Waals surface area contributed by atoms with E-state index in [1.54, 1.807) is 36.4 Å². The minimum atomic E-state index is -0.567. The summed E-state index contributed by atoms with van der Waals surface area (Å²) in [5, 5.41) is 2.20. The minimum Gasteiger partial charge on any atom is -0.493 e. The maximum atomic E-state index is 13.9. The number of aliphatic imine (C=N–C) groups is 1. The van der Waals surface area contributed by atoms with Gasteiger partial charge in [-0.25, -0.2) is 14.2 Å². The number of benzene rings is 4. The van der Waals surface area contributed by atoms with E-state index in [1.807, 2.05) is 42.5 Å². The summed E-state index contributed by atoms with van der Waals surface area (Å²) in [7, 11) is 1.47. The van der Waals surface area contributed by atoms with Gasteiger partial charge in [0.15, 0.2) is 17.2 Å². The molecule has 0 unspecified atom stereocenters. The summed E-state index contributed by atoms with van der Waals surface area (Å²) in [6, 6.07) is 23.1. The van der Waals surface area contributed by atoms with Crippen molar-refractivity contribution in [1.82, 2.24) is 0 Å². The van der Waals surface area contributed by atoms with E-state index in [1.165, 1.54) is 13.2 Å². The van der Waals surface area contributed by atoms with Crippen LogP contribution >= 0.6 is 11.6 Å². The first-order chi connectivity index (χ1) is 17.0. The molecule has 35 heavy (non-hydrogen) atoms. The van der Waals surface area contributed by atoms with Crippen LogP contribution in [0.5, 0.6) is 11.5 Å². The fraction of sp³-hybridized carbons (Fsp3) is 0.0714. The normalized spacial score (nSPS) is 14.2. The number of cyclic esters (lactones) is 1. The molecule has 1 heterocycles. The van der Waals surface area contributed by atoms with Crippen molar-refractivity contribution in [3.63, 3.8) is 0 Å². The van der Waals surface area contributed by atoms with Crippen molar-refractivity contribution >= 4 is 40.3 Å². The van der Waals surface area contributed by atoms with Gasteiger partial charge in [0.25, 0.3) is 0 Å². The van der Waals surface area contributed by atoms with Crippen LogP contribution in [0.15, 0.2) is 89.6 Å². The molecular formula is C28H19ClFNO4. The molecule has 7 heteroatoms. The number of hydrogen-bond donors (Lipinski definition) is 0. The number of nitrogens with zero attached hydrogens (tertiary/aromatic N) is 1. The van der Waals surface area contributed by atoms with Gasteiger partial charge in [0.1, 0.15) is 12.4 Å². The zero-order chi connectivity index (χ0) is 24.4. The lowest BCUT2D eigenvalue weighted by molar-refractivity contribution is -0.129. The highest BCUT2D eigenvalue weighted by molar-refractivity contribution is 6.32. The quantitative estimate of drug-likeness (QED) is 0.228. The molecule has 0 aromatic heterocycles. The molecule has 0 amide bonds. The Kier molecular flexibility index (Phi) is 6.21. The third-order valence-corrected chi connectivity index (χ3v) is 5.81. The van der Waals surface area contributed by atoms with Crippen molar-refractivity contribution in [3.05, 3.63) is 112 Å². The Morgan fingerprint density at radius 1 is 1.03 bits per heavy atom. The molecule has 5 nitrogen and oxygen atoms in total. The SMILES string of the molecule is COc1cc(/C=C2\N=C(c3cccc4ccccc34)OC2=O)cc(Cl)c1OCc1ccccc1F. The van der Waals surface area contributed by atoms with Gasteiger partial charge in [-0.2, -0.15) is 0 Å². The van der Waals surface area contributed by atoms with Crippen LogP contribution in [-0.2, 0) is 16.1 Å². The molecule has 0 saturated carbocycles. The van der Waals surface area contributed by atoms with Crippen LogP contribution in [0.4, 0.5) is 4.39 Å². The molecule has 0 N–H and O–H groups in total. The zero-order valence-electron chi connectivity index (χ0n) is 18.6. The van der Waals surface area contributed by atoms with Crippen molar-refractivity contribution in [2.45, 2.75) is 6.61 Å². The summed E-state index contributed by atoms with van der Waals surface area (Å²) in [6.07, 6.45) is 1.56. The number of rotatable bonds is 6. The van der Waals surface area contributed by atoms with Crippen molar-refractivity contribution in [2.75, 3.05) is 7.11 Å². The van der Waals surface area contributed by atoms with E-state index < -0.39 is 5.97 Å². The standard InChI is InChI=1S/C28H19ClFNO4/c1-33-25-15-17(13-22(29)26(25)34-16-19-8-3-5-12-23(19)30)14-24-28(32)35-27(31-24)21-11-6-9-18-7-2-4-10-20(18)21/h2-15H,16H2,1H3/b24-14-. The summed E-state index contributed by atoms with van der Waals surface area (Å²) in [5.74, 6) is -0.0915. The maximum Gasteiger partial charge on any atom is 0.363 e. The Morgan fingerprint density at radius 2 is 1.80 bits per heavy atom. The lowest BCUT2D eigenvalue weighted by Crippen LogP contribution is -2.05. The molecule has 4 aromatic carbocycles. The number of halogens is 2. The van der Waals surface area contributed by atoms with Crippen LogP contribution in [-0.4, -0.2) is 19.0 Å². The molecule has 5 rings (SSSR count). The number of hydrogen-bond acceptors (Lipinski definition) is 5. The predicted octanol–water partition coefficient (Wildman–Crippen LogP) is 6.56.